The van der Waals surface area contributed by atoms with E-state index in [1.165, 1.54) is 0 Å². The molecule has 0 atom stereocenters. The van der Waals surface area contributed by atoms with Crippen LogP contribution < -0.4 is 0 Å². The van der Waals surface area contributed by atoms with E-state index in [0.717, 1.165) is 0 Å². The first kappa shape index (κ1) is 10.4. The van der Waals surface area contributed by atoms with Crippen LogP contribution in [0.25, 0.3) is 0 Å². The molecule has 0 unspecified atom stereocenters. The molecule has 0 aromatic carbocycles. The lowest BCUT2D eigenvalue weighted by Gasteiger charge is -2.01. The highest BCUT2D eigenvalue weighted by atomic mass is 35.5. The summed E-state index contributed by atoms with van der Waals surface area (Å²) in [6.07, 6.45) is -5.64. The Labute approximate surface area is 65.3 Å². The molecule has 0 spiro atoms. The summed E-state index contributed by atoms with van der Waals surface area (Å²) in [7, 11) is 0. The molecule has 0 rings (SSSR count). The van der Waals surface area contributed by atoms with Gasteiger partial charge >= 0.3 is 12.0 Å². The average Bonchev–Trinajstić information content (AvgIpc) is 1.85. The predicted molar refractivity (Wildman–Crippen MR) is 31.4 cm³/mol. The summed E-state index contributed by atoms with van der Waals surface area (Å²) in [6.45, 7) is 0. The van der Waals surface area contributed by atoms with Gasteiger partial charge in [0, 0.05) is 12.3 Å². The second-order valence-electron chi connectivity index (χ2n) is 1.69. The van der Waals surface area contributed by atoms with Crippen LogP contribution in [0.5, 0.6) is 0 Å². The molecule has 0 aliphatic heterocycles. The van der Waals surface area contributed by atoms with Crippen molar-refractivity contribution in [3.8, 4) is 0 Å². The van der Waals surface area contributed by atoms with Crippen LogP contribution in [-0.2, 0) is 9.59 Å². The number of carbonyl (C=O) groups is 2. The molecule has 2 nitrogen and oxygen atoms in total. The Morgan fingerprint density at radius 2 is 1.73 bits per heavy atom. The van der Waals surface area contributed by atoms with E-state index in [1.807, 2.05) is 0 Å². The number of hydrogen-bond donors (Lipinski definition) is 0. The lowest BCUT2D eigenvalue weighted by Crippen LogP contribution is -2.30. The fourth-order valence-electron chi connectivity index (χ4n) is 0.357. The summed E-state index contributed by atoms with van der Waals surface area (Å²) in [5, 5.41) is 0. The Morgan fingerprint density at radius 3 is 2.00 bits per heavy atom. The molecule has 0 aliphatic rings. The van der Waals surface area contributed by atoms with Crippen molar-refractivity contribution in [3.63, 3.8) is 0 Å². The summed E-state index contributed by atoms with van der Waals surface area (Å²) in [6, 6.07) is 0. The Hall–Kier alpha value is -0.580. The highest BCUT2D eigenvalue weighted by molar-refractivity contribution is 6.40. The van der Waals surface area contributed by atoms with Gasteiger partial charge in [0.1, 0.15) is 0 Å². The molecule has 0 radical (unpaired) electrons. The third-order valence-electron chi connectivity index (χ3n) is 0.832. The molecule has 0 aromatic rings. The normalized spacial score (nSPS) is 11.3. The maximum Gasteiger partial charge on any atom is 0.458 e. The minimum Gasteiger partial charge on any atom is -0.290 e. The standard InChI is InChI=1S/C5H4ClF3O2/c6-2-1-3(10)4(11)5(7,8)9/h1-2H2. The monoisotopic (exact) mass is 188 g/mol. The molecule has 0 bridgehead atoms. The average molecular weight is 189 g/mol. The summed E-state index contributed by atoms with van der Waals surface area (Å²) in [4.78, 5) is 20.3. The first-order chi connectivity index (χ1) is 4.89. The first-order valence-corrected chi connectivity index (χ1v) is 3.13. The van der Waals surface area contributed by atoms with Crippen LogP contribution in [-0.4, -0.2) is 23.6 Å². The Balaban J connectivity index is 4.15. The van der Waals surface area contributed by atoms with Gasteiger partial charge in [0.2, 0.25) is 5.78 Å². The second-order valence-corrected chi connectivity index (χ2v) is 2.07. The van der Waals surface area contributed by atoms with E-state index in [1.54, 1.807) is 0 Å². The van der Waals surface area contributed by atoms with Crippen LogP contribution in [0.3, 0.4) is 0 Å². The van der Waals surface area contributed by atoms with Crippen molar-refractivity contribution in [2.75, 3.05) is 5.88 Å². The van der Waals surface area contributed by atoms with E-state index in [4.69, 9.17) is 11.6 Å². The number of hydrogen-bond acceptors (Lipinski definition) is 2. The number of alkyl halides is 4. The van der Waals surface area contributed by atoms with Crippen LogP contribution in [0.4, 0.5) is 13.2 Å². The minimum atomic E-state index is -5.07. The Bertz CT molecular complexity index is 175. The first-order valence-electron chi connectivity index (χ1n) is 2.60. The van der Waals surface area contributed by atoms with Gasteiger partial charge in [-0.2, -0.15) is 13.2 Å². The predicted octanol–water partition coefficient (Wildman–Crippen LogP) is 1.32. The Kier molecular flexibility index (Phi) is 3.51. The van der Waals surface area contributed by atoms with E-state index in [2.05, 4.69) is 0 Å². The molecule has 6 heteroatoms. The van der Waals surface area contributed by atoms with Crippen molar-refractivity contribution in [1.29, 1.82) is 0 Å². The van der Waals surface area contributed by atoms with Crippen LogP contribution in [0.2, 0.25) is 0 Å². The van der Waals surface area contributed by atoms with Gasteiger partial charge in [-0.25, -0.2) is 0 Å². The van der Waals surface area contributed by atoms with Gasteiger partial charge in [-0.1, -0.05) is 0 Å². The van der Waals surface area contributed by atoms with E-state index in [0.29, 0.717) is 0 Å². The zero-order chi connectivity index (χ0) is 9.07. The second kappa shape index (κ2) is 3.71. The highest BCUT2D eigenvalue weighted by Crippen LogP contribution is 2.16. The van der Waals surface area contributed by atoms with Crippen molar-refractivity contribution in [2.45, 2.75) is 12.6 Å². The van der Waals surface area contributed by atoms with Crippen molar-refractivity contribution >= 4 is 23.2 Å². The quantitative estimate of drug-likeness (QED) is 0.494. The third-order valence-corrected chi connectivity index (χ3v) is 1.02. The van der Waals surface area contributed by atoms with Crippen LogP contribution >= 0.6 is 11.6 Å². The maximum atomic E-state index is 11.4. The largest absolute Gasteiger partial charge is 0.458 e. The van der Waals surface area contributed by atoms with E-state index in [-0.39, 0.29) is 5.88 Å². The van der Waals surface area contributed by atoms with Crippen LogP contribution in [0.1, 0.15) is 6.42 Å². The molecule has 0 aromatic heterocycles. The molecule has 0 amide bonds. The molecule has 0 N–H and O–H groups in total. The fraction of sp³-hybridized carbons (Fsp3) is 0.600. The topological polar surface area (TPSA) is 34.1 Å². The fourth-order valence-corrected chi connectivity index (χ4v) is 0.529. The third kappa shape index (κ3) is 3.36. The van der Waals surface area contributed by atoms with Gasteiger partial charge in [0.05, 0.1) is 0 Å². The van der Waals surface area contributed by atoms with Crippen molar-refractivity contribution in [2.24, 2.45) is 0 Å². The maximum absolute atomic E-state index is 11.4. The van der Waals surface area contributed by atoms with Crippen molar-refractivity contribution in [1.82, 2.24) is 0 Å². The SMILES string of the molecule is O=C(CCCl)C(=O)C(F)(F)F. The number of ketones is 2. The molecule has 0 saturated carbocycles. The molecule has 0 aliphatic carbocycles. The van der Waals surface area contributed by atoms with Crippen molar-refractivity contribution in [3.05, 3.63) is 0 Å². The highest BCUT2D eigenvalue weighted by Gasteiger charge is 2.42. The van der Waals surface area contributed by atoms with Gasteiger partial charge in [0.25, 0.3) is 0 Å². The van der Waals surface area contributed by atoms with Gasteiger partial charge in [-0.05, 0) is 0 Å². The summed E-state index contributed by atoms with van der Waals surface area (Å²) >= 11 is 4.95. The van der Waals surface area contributed by atoms with E-state index in [9.17, 15) is 22.8 Å². The van der Waals surface area contributed by atoms with Gasteiger partial charge in [-0.3, -0.25) is 9.59 Å². The summed E-state index contributed by atoms with van der Waals surface area (Å²) < 4.78 is 34.2. The van der Waals surface area contributed by atoms with Gasteiger partial charge < -0.3 is 0 Å². The summed E-state index contributed by atoms with van der Waals surface area (Å²) in [5.41, 5.74) is 0. The summed E-state index contributed by atoms with van der Waals surface area (Å²) in [5.74, 6) is -4.11. The Morgan fingerprint density at radius 1 is 1.27 bits per heavy atom. The van der Waals surface area contributed by atoms with Crippen LogP contribution in [0.15, 0.2) is 0 Å². The van der Waals surface area contributed by atoms with E-state index < -0.39 is 24.2 Å². The molecule has 64 valence electrons. The zero-order valence-corrected chi connectivity index (χ0v) is 6.00. The lowest BCUT2D eigenvalue weighted by molar-refractivity contribution is -0.174. The number of Topliss-reactive ketones (excluding diaryl/α,β-unsaturated/α-hetero) is 2. The minimum absolute atomic E-state index is 0.277. The molecule has 11 heavy (non-hydrogen) atoms. The lowest BCUT2D eigenvalue weighted by atomic mass is 10.2. The molecule has 0 saturated heterocycles. The zero-order valence-electron chi connectivity index (χ0n) is 5.24. The van der Waals surface area contributed by atoms with Crippen molar-refractivity contribution < 1.29 is 22.8 Å². The van der Waals surface area contributed by atoms with Gasteiger partial charge in [0.15, 0.2) is 0 Å². The molecule has 0 heterocycles. The van der Waals surface area contributed by atoms with Gasteiger partial charge in [-0.15, -0.1) is 11.6 Å². The van der Waals surface area contributed by atoms with E-state index >= 15 is 0 Å². The molecular formula is C5H4ClF3O2. The smallest absolute Gasteiger partial charge is 0.290 e. The molecule has 0 fully saturated rings. The number of rotatable bonds is 3. The number of halogens is 4. The molecular weight excluding hydrogens is 184 g/mol. The number of carbonyl (C=O) groups excluding carboxylic acids is 2. The van der Waals surface area contributed by atoms with Crippen LogP contribution in [0, 0.1) is 0 Å².